The van der Waals surface area contributed by atoms with E-state index in [1.165, 1.54) is 18.2 Å². The van der Waals surface area contributed by atoms with Crippen LogP contribution in [0.15, 0.2) is 36.5 Å². The number of rotatable bonds is 9. The molecule has 0 spiro atoms. The highest BCUT2D eigenvalue weighted by atomic mass is 32.1. The molecular weight excluding hydrogens is 268 g/mol. The van der Waals surface area contributed by atoms with Gasteiger partial charge in [0.05, 0.1) is 6.61 Å². The van der Waals surface area contributed by atoms with Crippen LogP contribution in [-0.4, -0.2) is 30.4 Å². The average molecular weight is 290 g/mol. The van der Waals surface area contributed by atoms with E-state index in [0.717, 1.165) is 43.1 Å². The smallest absolute Gasteiger partial charge is 0.221 e. The molecule has 20 heavy (non-hydrogen) atoms. The van der Waals surface area contributed by atoms with Gasteiger partial charge in [-0.05, 0) is 43.3 Å². The summed E-state index contributed by atoms with van der Waals surface area (Å²) in [5, 5.41) is 5.60. The van der Waals surface area contributed by atoms with Gasteiger partial charge in [-0.1, -0.05) is 18.2 Å². The number of ether oxygens (including phenoxy) is 1. The van der Waals surface area contributed by atoms with Crippen LogP contribution in [0.5, 0.6) is 5.88 Å². The van der Waals surface area contributed by atoms with Crippen LogP contribution in [-0.2, 0) is 0 Å². The van der Waals surface area contributed by atoms with Gasteiger partial charge in [-0.3, -0.25) is 0 Å². The van der Waals surface area contributed by atoms with Crippen LogP contribution in [0.4, 0.5) is 0 Å². The normalized spacial score (nSPS) is 10.8. The first-order valence-corrected chi connectivity index (χ1v) is 7.83. The molecule has 0 unspecified atom stereocenters. The van der Waals surface area contributed by atoms with Crippen LogP contribution in [0.3, 0.4) is 0 Å². The Morgan fingerprint density at radius 2 is 1.95 bits per heavy atom. The van der Waals surface area contributed by atoms with Crippen molar-refractivity contribution in [3.8, 4) is 5.88 Å². The van der Waals surface area contributed by atoms with Crippen LogP contribution in [0.25, 0.3) is 10.8 Å². The number of nitrogens with zero attached hydrogens (tertiary/aromatic N) is 1. The molecule has 3 nitrogen and oxygen atoms in total. The molecule has 0 aliphatic carbocycles. The third-order valence-electron chi connectivity index (χ3n) is 3.16. The van der Waals surface area contributed by atoms with Crippen molar-refractivity contribution < 1.29 is 4.74 Å². The molecule has 0 radical (unpaired) electrons. The number of unbranched alkanes of at least 4 members (excludes halogenated alkanes) is 2. The van der Waals surface area contributed by atoms with E-state index in [1.807, 2.05) is 18.2 Å². The van der Waals surface area contributed by atoms with Gasteiger partial charge < -0.3 is 10.1 Å². The molecule has 0 atom stereocenters. The Morgan fingerprint density at radius 3 is 2.85 bits per heavy atom. The van der Waals surface area contributed by atoms with E-state index in [2.05, 4.69) is 35.1 Å². The van der Waals surface area contributed by atoms with Crippen molar-refractivity contribution in [1.29, 1.82) is 0 Å². The summed E-state index contributed by atoms with van der Waals surface area (Å²) in [6.45, 7) is 2.78. The van der Waals surface area contributed by atoms with Crippen molar-refractivity contribution in [2.24, 2.45) is 0 Å². The fraction of sp³-hybridized carbons (Fsp3) is 0.438. The van der Waals surface area contributed by atoms with Crippen molar-refractivity contribution in [1.82, 2.24) is 10.3 Å². The number of nitrogens with one attached hydrogen (secondary N) is 1. The second-order valence-corrected chi connectivity index (χ2v) is 5.17. The summed E-state index contributed by atoms with van der Waals surface area (Å²) in [7, 11) is 0. The number of pyridine rings is 1. The number of hydrogen-bond donors (Lipinski definition) is 2. The molecule has 0 aliphatic rings. The van der Waals surface area contributed by atoms with Crippen LogP contribution in [0, 0.1) is 0 Å². The summed E-state index contributed by atoms with van der Waals surface area (Å²) in [4.78, 5) is 4.32. The third kappa shape index (κ3) is 4.69. The summed E-state index contributed by atoms with van der Waals surface area (Å²) >= 11 is 4.16. The number of hydrogen-bond acceptors (Lipinski definition) is 4. The Balaban J connectivity index is 1.71. The van der Waals surface area contributed by atoms with E-state index in [1.54, 1.807) is 6.20 Å². The monoisotopic (exact) mass is 290 g/mol. The van der Waals surface area contributed by atoms with Gasteiger partial charge in [0.1, 0.15) is 0 Å². The van der Waals surface area contributed by atoms with Crippen LogP contribution < -0.4 is 10.1 Å². The summed E-state index contributed by atoms with van der Waals surface area (Å²) in [6.07, 6.45) is 5.22. The first-order valence-electron chi connectivity index (χ1n) is 7.20. The molecule has 0 saturated heterocycles. The first kappa shape index (κ1) is 15.1. The lowest BCUT2D eigenvalue weighted by Gasteiger charge is -2.08. The highest BCUT2D eigenvalue weighted by molar-refractivity contribution is 7.80. The van der Waals surface area contributed by atoms with E-state index in [-0.39, 0.29) is 0 Å². The molecule has 1 aromatic carbocycles. The Hall–Kier alpha value is -1.26. The van der Waals surface area contributed by atoms with Gasteiger partial charge in [0.25, 0.3) is 0 Å². The topological polar surface area (TPSA) is 34.1 Å². The fourth-order valence-electron chi connectivity index (χ4n) is 2.11. The molecular formula is C16H22N2OS. The minimum Gasteiger partial charge on any atom is -0.477 e. The summed E-state index contributed by atoms with van der Waals surface area (Å²) < 4.78 is 5.80. The number of aromatic nitrogens is 1. The molecule has 1 aromatic heterocycles. The van der Waals surface area contributed by atoms with Gasteiger partial charge in [0.2, 0.25) is 5.88 Å². The number of fused-ring (bicyclic) bond motifs is 1. The predicted octanol–water partition coefficient (Wildman–Crippen LogP) is 3.30. The van der Waals surface area contributed by atoms with Gasteiger partial charge in [-0.15, -0.1) is 0 Å². The fourth-order valence-corrected chi connectivity index (χ4v) is 2.27. The van der Waals surface area contributed by atoms with E-state index in [0.29, 0.717) is 0 Å². The van der Waals surface area contributed by atoms with Crippen molar-refractivity contribution >= 4 is 23.4 Å². The molecule has 0 fully saturated rings. The molecule has 0 aliphatic heterocycles. The van der Waals surface area contributed by atoms with Gasteiger partial charge >= 0.3 is 0 Å². The largest absolute Gasteiger partial charge is 0.477 e. The molecule has 2 rings (SSSR count). The Labute approximate surface area is 126 Å². The lowest BCUT2D eigenvalue weighted by molar-refractivity contribution is 0.297. The number of thiol groups is 1. The van der Waals surface area contributed by atoms with Gasteiger partial charge in [0.15, 0.2) is 0 Å². The minimum atomic E-state index is 0.730. The Morgan fingerprint density at radius 1 is 1.05 bits per heavy atom. The molecule has 0 bridgehead atoms. The zero-order valence-corrected chi connectivity index (χ0v) is 12.6. The average Bonchev–Trinajstić information content (AvgIpc) is 2.50. The maximum Gasteiger partial charge on any atom is 0.221 e. The van der Waals surface area contributed by atoms with Crippen molar-refractivity contribution in [2.75, 3.05) is 25.4 Å². The molecule has 0 saturated carbocycles. The second-order valence-electron chi connectivity index (χ2n) is 4.72. The zero-order valence-electron chi connectivity index (χ0n) is 11.7. The van der Waals surface area contributed by atoms with Crippen molar-refractivity contribution in [2.45, 2.75) is 19.3 Å². The van der Waals surface area contributed by atoms with Crippen LogP contribution in [0.1, 0.15) is 19.3 Å². The molecule has 4 heteroatoms. The van der Waals surface area contributed by atoms with Gasteiger partial charge in [0, 0.05) is 23.9 Å². The molecule has 2 aromatic rings. The van der Waals surface area contributed by atoms with Crippen LogP contribution >= 0.6 is 12.6 Å². The highest BCUT2D eigenvalue weighted by Gasteiger charge is 2.02. The van der Waals surface area contributed by atoms with E-state index < -0.39 is 0 Å². The molecule has 108 valence electrons. The summed E-state index contributed by atoms with van der Waals surface area (Å²) in [5.41, 5.74) is 0. The Kier molecular flexibility index (Phi) is 6.68. The van der Waals surface area contributed by atoms with Gasteiger partial charge in [-0.2, -0.15) is 12.6 Å². The zero-order chi connectivity index (χ0) is 14.0. The van der Waals surface area contributed by atoms with Gasteiger partial charge in [-0.25, -0.2) is 4.98 Å². The van der Waals surface area contributed by atoms with Crippen LogP contribution in [0.2, 0.25) is 0 Å². The number of benzene rings is 1. The van der Waals surface area contributed by atoms with E-state index in [9.17, 15) is 0 Å². The summed E-state index contributed by atoms with van der Waals surface area (Å²) in [5.74, 6) is 1.65. The predicted molar refractivity (Wildman–Crippen MR) is 87.8 cm³/mol. The van der Waals surface area contributed by atoms with Crippen molar-refractivity contribution in [3.63, 3.8) is 0 Å². The lowest BCUT2D eigenvalue weighted by Crippen LogP contribution is -2.17. The standard InChI is InChI=1S/C16H22N2OS/c20-13-11-17-9-4-1-5-12-19-16-15-7-3-2-6-14(15)8-10-18-16/h2-3,6-8,10,17,20H,1,4-5,9,11-13H2. The van der Waals surface area contributed by atoms with Crippen molar-refractivity contribution in [3.05, 3.63) is 36.5 Å². The maximum atomic E-state index is 5.80. The highest BCUT2D eigenvalue weighted by Crippen LogP contribution is 2.22. The SMILES string of the molecule is SCCNCCCCCOc1nccc2ccccc12. The minimum absolute atomic E-state index is 0.730. The maximum absolute atomic E-state index is 5.80. The quantitative estimate of drug-likeness (QED) is 0.549. The Bertz CT molecular complexity index is 513. The van der Waals surface area contributed by atoms with E-state index in [4.69, 9.17) is 4.74 Å². The van der Waals surface area contributed by atoms with E-state index >= 15 is 0 Å². The lowest BCUT2D eigenvalue weighted by atomic mass is 10.2. The molecule has 0 amide bonds. The third-order valence-corrected chi connectivity index (χ3v) is 3.39. The summed E-state index contributed by atoms with van der Waals surface area (Å²) in [6, 6.07) is 10.2. The molecule has 1 heterocycles. The first-order chi connectivity index (χ1) is 9.92. The second kappa shape index (κ2) is 8.82. The molecule has 1 N–H and O–H groups in total.